The minimum absolute atomic E-state index is 0.183. The molecule has 0 aliphatic heterocycles. The van der Waals surface area contributed by atoms with Crippen LogP contribution in [0.15, 0.2) is 30.6 Å². The second kappa shape index (κ2) is 8.32. The zero-order valence-electron chi connectivity index (χ0n) is 15.1. The van der Waals surface area contributed by atoms with Crippen LogP contribution in [-0.4, -0.2) is 28.5 Å². The van der Waals surface area contributed by atoms with Gasteiger partial charge in [-0.2, -0.15) is 0 Å². The molecule has 0 spiro atoms. The Labute approximate surface area is 147 Å². The van der Waals surface area contributed by atoms with Crippen LogP contribution in [0.3, 0.4) is 0 Å². The first-order chi connectivity index (χ1) is 11.9. The summed E-state index contributed by atoms with van der Waals surface area (Å²) >= 11 is 0. The molecule has 0 atom stereocenters. The quantitative estimate of drug-likeness (QED) is 0.753. The zero-order valence-corrected chi connectivity index (χ0v) is 15.1. The number of imidazole rings is 1. The molecule has 2 aromatic rings. The highest BCUT2D eigenvalue weighted by Gasteiger charge is 2.12. The average molecular weight is 343 g/mol. The molecule has 0 aliphatic carbocycles. The van der Waals surface area contributed by atoms with Crippen molar-refractivity contribution in [2.24, 2.45) is 5.92 Å². The number of anilines is 1. The summed E-state index contributed by atoms with van der Waals surface area (Å²) in [5.74, 6) is 1.12. The summed E-state index contributed by atoms with van der Waals surface area (Å²) in [4.78, 5) is 28.3. The van der Waals surface area contributed by atoms with E-state index in [1.807, 2.05) is 10.8 Å². The third-order valence-electron chi connectivity index (χ3n) is 3.82. The molecular formula is C18H25N5O2. The van der Waals surface area contributed by atoms with E-state index in [0.717, 1.165) is 17.9 Å². The van der Waals surface area contributed by atoms with E-state index < -0.39 is 0 Å². The van der Waals surface area contributed by atoms with Gasteiger partial charge in [-0.3, -0.25) is 4.79 Å². The van der Waals surface area contributed by atoms with Gasteiger partial charge in [0.25, 0.3) is 5.91 Å². The Bertz CT molecular complexity index is 752. The Hall–Kier alpha value is -2.83. The molecule has 134 valence electrons. The molecule has 1 heterocycles. The SMILES string of the molecule is CNC(=O)c1cccc(NC(=O)NCc2nccn2CC(C)C)c1C. The molecule has 7 heteroatoms. The molecule has 0 bridgehead atoms. The summed E-state index contributed by atoms with van der Waals surface area (Å²) < 4.78 is 2.03. The van der Waals surface area contributed by atoms with Crippen LogP contribution in [0.4, 0.5) is 10.5 Å². The second-order valence-electron chi connectivity index (χ2n) is 6.25. The van der Waals surface area contributed by atoms with E-state index in [1.165, 1.54) is 0 Å². The average Bonchev–Trinajstić information content (AvgIpc) is 3.00. The fraction of sp³-hybridized carbons (Fsp3) is 0.389. The predicted molar refractivity (Wildman–Crippen MR) is 97.5 cm³/mol. The molecule has 2 rings (SSSR count). The molecule has 0 saturated carbocycles. The number of benzene rings is 1. The lowest BCUT2D eigenvalue weighted by Crippen LogP contribution is -2.30. The zero-order chi connectivity index (χ0) is 18.4. The number of rotatable bonds is 6. The van der Waals surface area contributed by atoms with E-state index in [9.17, 15) is 9.59 Å². The lowest BCUT2D eigenvalue weighted by Gasteiger charge is -2.13. The van der Waals surface area contributed by atoms with E-state index >= 15 is 0 Å². The van der Waals surface area contributed by atoms with Crippen LogP contribution in [0.5, 0.6) is 0 Å². The maximum Gasteiger partial charge on any atom is 0.319 e. The molecule has 0 aliphatic rings. The Balaban J connectivity index is 2.00. The van der Waals surface area contributed by atoms with E-state index in [-0.39, 0.29) is 11.9 Å². The normalized spacial score (nSPS) is 10.6. The van der Waals surface area contributed by atoms with Crippen molar-refractivity contribution in [1.82, 2.24) is 20.2 Å². The standard InChI is InChI=1S/C18H25N5O2/c1-12(2)11-23-9-8-20-16(23)10-21-18(25)22-15-7-5-6-14(13(15)3)17(24)19-4/h5-9,12H,10-11H2,1-4H3,(H,19,24)(H2,21,22,25). The van der Waals surface area contributed by atoms with Gasteiger partial charge < -0.3 is 20.5 Å². The summed E-state index contributed by atoms with van der Waals surface area (Å²) in [7, 11) is 1.58. The molecule has 0 radical (unpaired) electrons. The largest absolute Gasteiger partial charge is 0.355 e. The molecule has 3 amide bonds. The van der Waals surface area contributed by atoms with Crippen LogP contribution in [0.25, 0.3) is 0 Å². The summed E-state index contributed by atoms with van der Waals surface area (Å²) in [6, 6.07) is 4.89. The van der Waals surface area contributed by atoms with Crippen LogP contribution in [0.2, 0.25) is 0 Å². The van der Waals surface area contributed by atoms with Crippen molar-refractivity contribution in [3.05, 3.63) is 47.5 Å². The Morgan fingerprint density at radius 1 is 1.28 bits per heavy atom. The van der Waals surface area contributed by atoms with Gasteiger partial charge in [0.05, 0.1) is 6.54 Å². The maximum absolute atomic E-state index is 12.2. The molecule has 3 N–H and O–H groups in total. The topological polar surface area (TPSA) is 88.1 Å². The van der Waals surface area contributed by atoms with Gasteiger partial charge in [-0.15, -0.1) is 0 Å². The smallest absolute Gasteiger partial charge is 0.319 e. The van der Waals surface area contributed by atoms with Gasteiger partial charge in [0, 0.05) is 37.2 Å². The number of urea groups is 1. The van der Waals surface area contributed by atoms with Crippen molar-refractivity contribution in [3.63, 3.8) is 0 Å². The molecule has 0 saturated heterocycles. The van der Waals surface area contributed by atoms with Gasteiger partial charge >= 0.3 is 6.03 Å². The molecule has 0 fully saturated rings. The maximum atomic E-state index is 12.2. The molecule has 7 nitrogen and oxygen atoms in total. The summed E-state index contributed by atoms with van der Waals surface area (Å²) in [5, 5.41) is 8.18. The lowest BCUT2D eigenvalue weighted by atomic mass is 10.1. The number of aromatic nitrogens is 2. The molecule has 0 unspecified atom stereocenters. The van der Waals surface area contributed by atoms with E-state index in [0.29, 0.717) is 23.7 Å². The fourth-order valence-corrected chi connectivity index (χ4v) is 2.54. The van der Waals surface area contributed by atoms with Crippen molar-refractivity contribution in [3.8, 4) is 0 Å². The molecule has 25 heavy (non-hydrogen) atoms. The van der Waals surface area contributed by atoms with E-state index in [4.69, 9.17) is 0 Å². The lowest BCUT2D eigenvalue weighted by molar-refractivity contribution is 0.0962. The first-order valence-corrected chi connectivity index (χ1v) is 8.29. The minimum Gasteiger partial charge on any atom is -0.355 e. The fourth-order valence-electron chi connectivity index (χ4n) is 2.54. The predicted octanol–water partition coefficient (Wildman–Crippen LogP) is 2.53. The Kier molecular flexibility index (Phi) is 6.16. The van der Waals surface area contributed by atoms with Crippen LogP contribution in [-0.2, 0) is 13.1 Å². The molecule has 1 aromatic heterocycles. The number of carbonyl (C=O) groups is 2. The first kappa shape index (κ1) is 18.5. The minimum atomic E-state index is -0.337. The number of amides is 3. The highest BCUT2D eigenvalue weighted by molar-refractivity contribution is 5.98. The van der Waals surface area contributed by atoms with Crippen LogP contribution in [0, 0.1) is 12.8 Å². The van der Waals surface area contributed by atoms with Crippen LogP contribution >= 0.6 is 0 Å². The first-order valence-electron chi connectivity index (χ1n) is 8.29. The summed E-state index contributed by atoms with van der Waals surface area (Å²) in [6.07, 6.45) is 3.64. The van der Waals surface area contributed by atoms with Crippen LogP contribution in [0.1, 0.15) is 35.6 Å². The Morgan fingerprint density at radius 2 is 2.04 bits per heavy atom. The highest BCUT2D eigenvalue weighted by atomic mass is 16.2. The van der Waals surface area contributed by atoms with Crippen molar-refractivity contribution in [2.45, 2.75) is 33.9 Å². The second-order valence-corrected chi connectivity index (χ2v) is 6.25. The number of hydrogen-bond acceptors (Lipinski definition) is 3. The summed E-state index contributed by atoms with van der Waals surface area (Å²) in [5.41, 5.74) is 1.86. The number of nitrogens with zero attached hydrogens (tertiary/aromatic N) is 2. The molecule has 1 aromatic carbocycles. The Morgan fingerprint density at radius 3 is 2.72 bits per heavy atom. The van der Waals surface area contributed by atoms with Crippen molar-refractivity contribution in [2.75, 3.05) is 12.4 Å². The number of nitrogens with one attached hydrogen (secondary N) is 3. The third-order valence-corrected chi connectivity index (χ3v) is 3.82. The van der Waals surface area contributed by atoms with Crippen molar-refractivity contribution in [1.29, 1.82) is 0 Å². The van der Waals surface area contributed by atoms with Crippen LogP contribution < -0.4 is 16.0 Å². The van der Waals surface area contributed by atoms with Gasteiger partial charge in [-0.1, -0.05) is 19.9 Å². The van der Waals surface area contributed by atoms with Gasteiger partial charge in [-0.05, 0) is 30.5 Å². The van der Waals surface area contributed by atoms with Gasteiger partial charge in [-0.25, -0.2) is 9.78 Å². The van der Waals surface area contributed by atoms with Gasteiger partial charge in [0.2, 0.25) is 0 Å². The van der Waals surface area contributed by atoms with Crippen molar-refractivity contribution < 1.29 is 9.59 Å². The monoisotopic (exact) mass is 343 g/mol. The molecular weight excluding hydrogens is 318 g/mol. The van der Waals surface area contributed by atoms with E-state index in [2.05, 4.69) is 34.8 Å². The number of carbonyl (C=O) groups excluding carboxylic acids is 2. The third kappa shape index (κ3) is 4.82. The highest BCUT2D eigenvalue weighted by Crippen LogP contribution is 2.18. The van der Waals surface area contributed by atoms with Gasteiger partial charge in [0.15, 0.2) is 0 Å². The van der Waals surface area contributed by atoms with E-state index in [1.54, 1.807) is 38.4 Å². The van der Waals surface area contributed by atoms with Crippen molar-refractivity contribution >= 4 is 17.6 Å². The number of hydrogen-bond donors (Lipinski definition) is 3. The van der Waals surface area contributed by atoms with Gasteiger partial charge in [0.1, 0.15) is 5.82 Å². The summed E-state index contributed by atoms with van der Waals surface area (Å²) in [6.45, 7) is 7.25.